The molecular weight excluding hydrogens is 288 g/mol. The second-order valence-electron chi connectivity index (χ2n) is 6.09. The average Bonchev–Trinajstić information content (AvgIpc) is 2.39. The van der Waals surface area contributed by atoms with E-state index in [1.165, 1.54) is 5.57 Å². The van der Waals surface area contributed by atoms with Gasteiger partial charge in [-0.15, -0.1) is 0 Å². The van der Waals surface area contributed by atoms with Gasteiger partial charge in [0.25, 0.3) is 0 Å². The third kappa shape index (κ3) is 2.93. The molecule has 0 fully saturated rings. The molecule has 114 valence electrons. The van der Waals surface area contributed by atoms with Crippen LogP contribution in [0.2, 0.25) is 5.02 Å². The normalized spacial score (nSPS) is 16.0. The lowest BCUT2D eigenvalue weighted by atomic mass is 9.86. The van der Waals surface area contributed by atoms with Crippen molar-refractivity contribution in [2.24, 2.45) is 5.92 Å². The van der Waals surface area contributed by atoms with Gasteiger partial charge in [-0.25, -0.2) is 0 Å². The molecule has 0 unspecified atom stereocenters. The van der Waals surface area contributed by atoms with Gasteiger partial charge in [-0.05, 0) is 37.5 Å². The summed E-state index contributed by atoms with van der Waals surface area (Å²) in [5.74, 6) is 1.49. The third-order valence-electron chi connectivity index (χ3n) is 3.56. The highest BCUT2D eigenvalue weighted by atomic mass is 35.5. The molecule has 4 heteroatoms. The number of carbonyl (C=O) groups excluding carboxylic acids is 1. The minimum atomic E-state index is -0.423. The summed E-state index contributed by atoms with van der Waals surface area (Å²) in [5.41, 5.74) is 2.49. The summed E-state index contributed by atoms with van der Waals surface area (Å²) in [6.07, 6.45) is 3.24. The maximum atomic E-state index is 10.9. The van der Waals surface area contributed by atoms with Gasteiger partial charge in [0.2, 0.25) is 0 Å². The number of aldehydes is 1. The number of carbonyl (C=O) groups is 1. The number of hydrogen-bond acceptors (Lipinski definition) is 3. The van der Waals surface area contributed by atoms with Crippen molar-refractivity contribution >= 4 is 23.5 Å². The standard InChI is InChI=1S/C17H21ClO3/c1-10(2)13-9-17(3,4)21-16-12(13)8-11(6-7-19)15(20-5)14(16)18/h7-10H,6H2,1-5H3. The first kappa shape index (κ1) is 15.9. The molecule has 3 nitrogen and oxygen atoms in total. The maximum Gasteiger partial charge on any atom is 0.150 e. The molecule has 1 aromatic rings. The first-order valence-electron chi connectivity index (χ1n) is 7.06. The van der Waals surface area contributed by atoms with E-state index in [0.717, 1.165) is 17.4 Å². The van der Waals surface area contributed by atoms with E-state index in [-0.39, 0.29) is 6.42 Å². The van der Waals surface area contributed by atoms with E-state index in [1.807, 2.05) is 19.9 Å². The largest absolute Gasteiger partial charge is 0.495 e. The van der Waals surface area contributed by atoms with Crippen molar-refractivity contribution in [3.05, 3.63) is 28.3 Å². The highest BCUT2D eigenvalue weighted by molar-refractivity contribution is 6.34. The molecule has 1 aliphatic rings. The summed E-state index contributed by atoms with van der Waals surface area (Å²) >= 11 is 6.47. The van der Waals surface area contributed by atoms with Crippen LogP contribution < -0.4 is 9.47 Å². The van der Waals surface area contributed by atoms with Crippen LogP contribution in [0.3, 0.4) is 0 Å². The Morgan fingerprint density at radius 3 is 2.62 bits per heavy atom. The van der Waals surface area contributed by atoms with Gasteiger partial charge in [-0.1, -0.05) is 25.4 Å². The lowest BCUT2D eigenvalue weighted by Gasteiger charge is -2.34. The molecule has 0 aromatic heterocycles. The fourth-order valence-electron chi connectivity index (χ4n) is 2.67. The number of hydrogen-bond donors (Lipinski definition) is 0. The molecule has 0 saturated heterocycles. The quantitative estimate of drug-likeness (QED) is 0.778. The molecule has 0 saturated carbocycles. The molecule has 0 bridgehead atoms. The summed E-state index contributed by atoms with van der Waals surface area (Å²) in [4.78, 5) is 10.9. The van der Waals surface area contributed by atoms with Crippen molar-refractivity contribution in [1.29, 1.82) is 0 Å². The molecule has 0 atom stereocenters. The maximum absolute atomic E-state index is 10.9. The number of methoxy groups -OCH3 is 1. The zero-order valence-corrected chi connectivity index (χ0v) is 13.9. The Morgan fingerprint density at radius 1 is 1.43 bits per heavy atom. The molecule has 1 aromatic carbocycles. The number of benzene rings is 1. The molecule has 0 aliphatic carbocycles. The summed E-state index contributed by atoms with van der Waals surface area (Å²) in [7, 11) is 1.55. The van der Waals surface area contributed by atoms with E-state index in [9.17, 15) is 4.79 Å². The Bertz CT molecular complexity index is 601. The van der Waals surface area contributed by atoms with Crippen LogP contribution in [0.25, 0.3) is 5.57 Å². The van der Waals surface area contributed by atoms with Crippen LogP contribution in [-0.2, 0) is 11.2 Å². The fraction of sp³-hybridized carbons (Fsp3) is 0.471. The van der Waals surface area contributed by atoms with Gasteiger partial charge in [0.15, 0.2) is 5.75 Å². The highest BCUT2D eigenvalue weighted by Crippen LogP contribution is 2.48. The number of ether oxygens (including phenoxy) is 2. The Hall–Kier alpha value is -1.48. The van der Waals surface area contributed by atoms with Crippen LogP contribution in [-0.4, -0.2) is 19.0 Å². The van der Waals surface area contributed by atoms with Crippen LogP contribution in [0.5, 0.6) is 11.5 Å². The lowest BCUT2D eigenvalue weighted by Crippen LogP contribution is -2.30. The van der Waals surface area contributed by atoms with E-state index in [4.69, 9.17) is 21.1 Å². The van der Waals surface area contributed by atoms with E-state index < -0.39 is 5.60 Å². The van der Waals surface area contributed by atoms with Gasteiger partial charge in [-0.3, -0.25) is 0 Å². The second-order valence-corrected chi connectivity index (χ2v) is 6.47. The molecule has 0 spiro atoms. The van der Waals surface area contributed by atoms with E-state index in [0.29, 0.717) is 22.4 Å². The zero-order valence-electron chi connectivity index (χ0n) is 13.1. The van der Waals surface area contributed by atoms with Crippen LogP contribution in [0.1, 0.15) is 38.8 Å². The molecule has 0 N–H and O–H groups in total. The minimum Gasteiger partial charge on any atom is -0.495 e. The fourth-order valence-corrected chi connectivity index (χ4v) is 3.01. The van der Waals surface area contributed by atoms with Crippen LogP contribution in [0, 0.1) is 5.92 Å². The summed E-state index contributed by atoms with van der Waals surface area (Å²) in [6, 6.07) is 1.95. The van der Waals surface area contributed by atoms with Crippen LogP contribution >= 0.6 is 11.6 Å². The van der Waals surface area contributed by atoms with Crippen molar-refractivity contribution in [3.8, 4) is 11.5 Å². The van der Waals surface area contributed by atoms with Gasteiger partial charge in [-0.2, -0.15) is 0 Å². The van der Waals surface area contributed by atoms with Crippen molar-refractivity contribution in [2.45, 2.75) is 39.7 Å². The first-order chi connectivity index (χ1) is 9.80. The van der Waals surface area contributed by atoms with Crippen LogP contribution in [0.4, 0.5) is 0 Å². The molecule has 0 radical (unpaired) electrons. The molecule has 1 heterocycles. The lowest BCUT2D eigenvalue weighted by molar-refractivity contribution is -0.107. The van der Waals surface area contributed by atoms with Gasteiger partial charge in [0.1, 0.15) is 22.7 Å². The number of rotatable bonds is 4. The first-order valence-corrected chi connectivity index (χ1v) is 7.43. The third-order valence-corrected chi connectivity index (χ3v) is 3.91. The predicted molar refractivity (Wildman–Crippen MR) is 85.3 cm³/mol. The Kier molecular flexibility index (Phi) is 4.33. The second kappa shape index (κ2) is 5.72. The molecule has 1 aliphatic heterocycles. The Balaban J connectivity index is 2.72. The number of allylic oxidation sites excluding steroid dienone is 1. The average molecular weight is 309 g/mol. The Morgan fingerprint density at radius 2 is 2.10 bits per heavy atom. The monoisotopic (exact) mass is 308 g/mol. The number of fused-ring (bicyclic) bond motifs is 1. The van der Waals surface area contributed by atoms with Crippen LogP contribution in [0.15, 0.2) is 12.1 Å². The summed E-state index contributed by atoms with van der Waals surface area (Å²) in [5, 5.41) is 0.436. The zero-order chi connectivity index (χ0) is 15.8. The van der Waals surface area contributed by atoms with Gasteiger partial charge >= 0.3 is 0 Å². The molecule has 21 heavy (non-hydrogen) atoms. The summed E-state index contributed by atoms with van der Waals surface area (Å²) < 4.78 is 11.4. The molecular formula is C17H21ClO3. The van der Waals surface area contributed by atoms with Crippen molar-refractivity contribution in [3.63, 3.8) is 0 Å². The SMILES string of the molecule is COc1c(CC=O)cc2c(c1Cl)OC(C)(C)C=C2C(C)C. The van der Waals surface area contributed by atoms with Crippen molar-refractivity contribution < 1.29 is 14.3 Å². The van der Waals surface area contributed by atoms with E-state index in [2.05, 4.69) is 19.9 Å². The Labute approximate surface area is 130 Å². The smallest absolute Gasteiger partial charge is 0.150 e. The summed E-state index contributed by atoms with van der Waals surface area (Å²) in [6.45, 7) is 8.27. The predicted octanol–water partition coefficient (Wildman–Crippen LogP) is 4.30. The van der Waals surface area contributed by atoms with Gasteiger partial charge in [0, 0.05) is 17.5 Å². The minimum absolute atomic E-state index is 0.269. The topological polar surface area (TPSA) is 35.5 Å². The van der Waals surface area contributed by atoms with E-state index in [1.54, 1.807) is 7.11 Å². The van der Waals surface area contributed by atoms with Crippen molar-refractivity contribution in [2.75, 3.05) is 7.11 Å². The van der Waals surface area contributed by atoms with Gasteiger partial charge in [0.05, 0.1) is 7.11 Å². The van der Waals surface area contributed by atoms with Gasteiger partial charge < -0.3 is 14.3 Å². The highest BCUT2D eigenvalue weighted by Gasteiger charge is 2.31. The molecule has 2 rings (SSSR count). The number of halogens is 1. The molecule has 0 amide bonds. The van der Waals surface area contributed by atoms with Crippen molar-refractivity contribution in [1.82, 2.24) is 0 Å². The van der Waals surface area contributed by atoms with E-state index >= 15 is 0 Å².